The van der Waals surface area contributed by atoms with Crippen LogP contribution in [0.2, 0.25) is 0 Å². The molecule has 11 nitrogen and oxygen atoms in total. The molecule has 0 radical (unpaired) electrons. The molecule has 30 heavy (non-hydrogen) atoms. The Labute approximate surface area is 172 Å². The molecule has 13 heteroatoms. The summed E-state index contributed by atoms with van der Waals surface area (Å²) in [7, 11) is -0.0412. The lowest BCUT2D eigenvalue weighted by Gasteiger charge is -2.34. The summed E-state index contributed by atoms with van der Waals surface area (Å²) in [5.74, 6) is 0.807. The molecule has 1 aromatic carbocycles. The van der Waals surface area contributed by atoms with Gasteiger partial charge in [-0.25, -0.2) is 12.8 Å². The van der Waals surface area contributed by atoms with E-state index in [0.717, 1.165) is 11.9 Å². The molecule has 158 valence electrons. The monoisotopic (exact) mass is 433 g/mol. The van der Waals surface area contributed by atoms with Crippen molar-refractivity contribution in [1.82, 2.24) is 35.1 Å². The van der Waals surface area contributed by atoms with Gasteiger partial charge in [0.25, 0.3) is 0 Å². The maximum Gasteiger partial charge on any atom is 0.243 e. The van der Waals surface area contributed by atoms with Crippen LogP contribution in [0.25, 0.3) is 11.4 Å². The molecule has 2 aromatic heterocycles. The molecule has 0 unspecified atom stereocenters. The highest BCUT2D eigenvalue weighted by Crippen LogP contribution is 2.26. The number of benzene rings is 1. The molecule has 0 bridgehead atoms. The number of aromatic nitrogens is 6. The molecule has 4 rings (SSSR count). The van der Waals surface area contributed by atoms with Gasteiger partial charge in [-0.1, -0.05) is 0 Å². The zero-order chi connectivity index (χ0) is 21.3. The molecule has 0 saturated carbocycles. The molecule has 1 saturated heterocycles. The summed E-state index contributed by atoms with van der Waals surface area (Å²) in [6.45, 7) is 1.48. The van der Waals surface area contributed by atoms with Crippen molar-refractivity contribution in [3.63, 3.8) is 0 Å². The summed E-state index contributed by atoms with van der Waals surface area (Å²) in [4.78, 5) is 3.81. The van der Waals surface area contributed by atoms with Gasteiger partial charge in [-0.3, -0.25) is 0 Å². The highest BCUT2D eigenvalue weighted by Gasteiger charge is 2.30. The predicted molar refractivity (Wildman–Crippen MR) is 107 cm³/mol. The van der Waals surface area contributed by atoms with Gasteiger partial charge in [0.2, 0.25) is 15.8 Å². The summed E-state index contributed by atoms with van der Waals surface area (Å²) in [5.41, 5.74) is -0.0280. The van der Waals surface area contributed by atoms with Gasteiger partial charge < -0.3 is 9.80 Å². The number of halogens is 1. The van der Waals surface area contributed by atoms with Gasteiger partial charge in [0.05, 0.1) is 10.5 Å². The van der Waals surface area contributed by atoms with Crippen molar-refractivity contribution in [1.29, 1.82) is 0 Å². The number of nitrogens with zero attached hydrogens (tertiary/aromatic N) is 8. The Bertz CT molecular complexity index is 1110. The van der Waals surface area contributed by atoms with Gasteiger partial charge in [-0.2, -0.15) is 9.52 Å². The lowest BCUT2D eigenvalue weighted by atomic mass is 10.2. The first kappa shape index (κ1) is 20.1. The zero-order valence-corrected chi connectivity index (χ0v) is 17.2. The van der Waals surface area contributed by atoms with Crippen LogP contribution in [0.1, 0.15) is 0 Å². The van der Waals surface area contributed by atoms with Gasteiger partial charge in [0.1, 0.15) is 5.82 Å². The van der Waals surface area contributed by atoms with Crippen molar-refractivity contribution in [2.24, 2.45) is 0 Å². The minimum atomic E-state index is -3.80. The van der Waals surface area contributed by atoms with E-state index in [2.05, 4.69) is 30.8 Å². The smallest absolute Gasteiger partial charge is 0.243 e. The maximum absolute atomic E-state index is 14.1. The van der Waals surface area contributed by atoms with E-state index in [1.165, 1.54) is 16.4 Å². The lowest BCUT2D eigenvalue weighted by Crippen LogP contribution is -2.49. The Balaban J connectivity index is 1.50. The largest absolute Gasteiger partial charge is 0.361 e. The SMILES string of the molecule is CN(C)c1ccc(N2CCN(S(=O)(=O)c3ccc(F)c(-c4nn[nH]n4)c3)CC2)nn1. The number of rotatable bonds is 5. The normalized spacial score (nSPS) is 15.4. The van der Waals surface area contributed by atoms with Crippen molar-refractivity contribution in [3.05, 3.63) is 36.1 Å². The maximum atomic E-state index is 14.1. The first-order valence-electron chi connectivity index (χ1n) is 9.16. The predicted octanol–water partition coefficient (Wildman–Crippen LogP) is 0.373. The summed E-state index contributed by atoms with van der Waals surface area (Å²) in [6.07, 6.45) is 0. The quantitative estimate of drug-likeness (QED) is 0.608. The molecular formula is C17H20FN9O2S. The number of nitrogens with one attached hydrogen (secondary N) is 1. The molecule has 0 spiro atoms. The Hall–Kier alpha value is -3.19. The molecule has 0 atom stereocenters. The Morgan fingerprint density at radius 2 is 1.80 bits per heavy atom. The fraction of sp³-hybridized carbons (Fsp3) is 0.353. The fourth-order valence-corrected chi connectivity index (χ4v) is 4.59. The van der Waals surface area contributed by atoms with E-state index in [4.69, 9.17) is 0 Å². The summed E-state index contributed by atoms with van der Waals surface area (Å²) < 4.78 is 41.6. The van der Waals surface area contributed by atoms with Gasteiger partial charge >= 0.3 is 0 Å². The van der Waals surface area contributed by atoms with Crippen molar-refractivity contribution in [2.75, 3.05) is 50.1 Å². The first-order chi connectivity index (χ1) is 14.4. The van der Waals surface area contributed by atoms with E-state index in [1.807, 2.05) is 36.0 Å². The van der Waals surface area contributed by atoms with E-state index in [9.17, 15) is 12.8 Å². The second-order valence-corrected chi connectivity index (χ2v) is 8.85. The number of tetrazole rings is 1. The van der Waals surface area contributed by atoms with Crippen LogP contribution in [0.3, 0.4) is 0 Å². The second kappa shape index (κ2) is 7.91. The molecule has 3 heterocycles. The highest BCUT2D eigenvalue weighted by molar-refractivity contribution is 7.89. The zero-order valence-electron chi connectivity index (χ0n) is 16.4. The first-order valence-corrected chi connectivity index (χ1v) is 10.6. The summed E-state index contributed by atoms with van der Waals surface area (Å²) in [5, 5.41) is 21.5. The van der Waals surface area contributed by atoms with E-state index in [-0.39, 0.29) is 29.4 Å². The Morgan fingerprint density at radius 1 is 1.03 bits per heavy atom. The molecule has 0 amide bonds. The third-order valence-corrected chi connectivity index (χ3v) is 6.71. The van der Waals surface area contributed by atoms with Crippen LogP contribution in [0, 0.1) is 5.82 Å². The number of hydrogen-bond acceptors (Lipinski definition) is 9. The Kier molecular flexibility index (Phi) is 5.30. The van der Waals surface area contributed by atoms with Crippen LogP contribution in [-0.2, 0) is 10.0 Å². The third kappa shape index (κ3) is 3.80. The van der Waals surface area contributed by atoms with Gasteiger partial charge in [0.15, 0.2) is 11.6 Å². The second-order valence-electron chi connectivity index (χ2n) is 6.91. The van der Waals surface area contributed by atoms with Crippen molar-refractivity contribution in [3.8, 4) is 11.4 Å². The minimum absolute atomic E-state index is 0.00545. The summed E-state index contributed by atoms with van der Waals surface area (Å²) in [6, 6.07) is 7.29. The summed E-state index contributed by atoms with van der Waals surface area (Å²) >= 11 is 0. The van der Waals surface area contributed by atoms with E-state index >= 15 is 0 Å². The molecule has 1 aliphatic heterocycles. The number of sulfonamides is 1. The molecule has 0 aliphatic carbocycles. The fourth-order valence-electron chi connectivity index (χ4n) is 3.14. The van der Waals surface area contributed by atoms with Crippen LogP contribution >= 0.6 is 0 Å². The molecule has 1 aliphatic rings. The van der Waals surface area contributed by atoms with Crippen LogP contribution in [0.4, 0.5) is 16.0 Å². The van der Waals surface area contributed by atoms with E-state index < -0.39 is 15.8 Å². The minimum Gasteiger partial charge on any atom is -0.361 e. The lowest BCUT2D eigenvalue weighted by molar-refractivity contribution is 0.383. The van der Waals surface area contributed by atoms with Gasteiger partial charge in [-0.15, -0.1) is 20.4 Å². The van der Waals surface area contributed by atoms with Gasteiger partial charge in [-0.05, 0) is 35.5 Å². The Morgan fingerprint density at radius 3 is 2.40 bits per heavy atom. The van der Waals surface area contributed by atoms with Gasteiger partial charge in [0, 0.05) is 40.3 Å². The third-order valence-electron chi connectivity index (χ3n) is 4.82. The van der Waals surface area contributed by atoms with E-state index in [0.29, 0.717) is 18.9 Å². The molecule has 3 aromatic rings. The number of H-pyrrole nitrogens is 1. The van der Waals surface area contributed by atoms with Crippen LogP contribution in [-0.4, -0.2) is 83.8 Å². The van der Waals surface area contributed by atoms with E-state index in [1.54, 1.807) is 0 Å². The average molecular weight is 433 g/mol. The van der Waals surface area contributed by atoms with Crippen molar-refractivity contribution >= 4 is 21.7 Å². The number of aromatic amines is 1. The molecular weight excluding hydrogens is 413 g/mol. The highest BCUT2D eigenvalue weighted by atomic mass is 32.2. The number of piperazine rings is 1. The van der Waals surface area contributed by atoms with Crippen molar-refractivity contribution < 1.29 is 12.8 Å². The number of anilines is 2. The average Bonchev–Trinajstić information content (AvgIpc) is 3.29. The van der Waals surface area contributed by atoms with Crippen LogP contribution < -0.4 is 9.80 Å². The van der Waals surface area contributed by atoms with Crippen LogP contribution in [0.5, 0.6) is 0 Å². The van der Waals surface area contributed by atoms with Crippen molar-refractivity contribution in [2.45, 2.75) is 4.90 Å². The molecule has 1 fully saturated rings. The topological polar surface area (TPSA) is 124 Å². The van der Waals surface area contributed by atoms with Crippen LogP contribution in [0.15, 0.2) is 35.2 Å². The standard InChI is InChI=1S/C17H20FN9O2S/c1-25(2)15-5-6-16(20-19-15)26-7-9-27(10-8-26)30(28,29)12-3-4-14(18)13(11-12)17-21-23-24-22-17/h3-6,11H,7-10H2,1-2H3,(H,21,22,23,24). The molecule has 1 N–H and O–H groups in total. The number of hydrogen-bond donors (Lipinski definition) is 1.